The number of rotatable bonds is 4. The van der Waals surface area contributed by atoms with Crippen LogP contribution in [0.3, 0.4) is 0 Å². The van der Waals surface area contributed by atoms with Crippen molar-refractivity contribution in [1.29, 1.82) is 0 Å². The van der Waals surface area contributed by atoms with Crippen LogP contribution in [0.5, 0.6) is 0 Å². The maximum Gasteiger partial charge on any atom is 0.227 e. The van der Waals surface area contributed by atoms with Gasteiger partial charge in [0.25, 0.3) is 0 Å². The molecule has 152 valence electrons. The fraction of sp³-hybridized carbons (Fsp3) is 0.409. The minimum Gasteiger partial charge on any atom is -0.356 e. The first kappa shape index (κ1) is 19.4. The van der Waals surface area contributed by atoms with Gasteiger partial charge in [0.1, 0.15) is 5.82 Å². The second-order valence-corrected chi connectivity index (χ2v) is 7.69. The van der Waals surface area contributed by atoms with Crippen molar-refractivity contribution in [3.8, 4) is 11.3 Å². The molecular formula is C22H25FN4O2. The van der Waals surface area contributed by atoms with Crippen molar-refractivity contribution in [2.75, 3.05) is 6.54 Å². The van der Waals surface area contributed by atoms with E-state index in [2.05, 4.69) is 10.3 Å². The van der Waals surface area contributed by atoms with Crippen LogP contribution in [-0.4, -0.2) is 32.3 Å². The lowest BCUT2D eigenvalue weighted by Crippen LogP contribution is -2.40. The van der Waals surface area contributed by atoms with E-state index in [0.29, 0.717) is 17.9 Å². The molecule has 1 aromatic carbocycles. The van der Waals surface area contributed by atoms with Crippen molar-refractivity contribution in [1.82, 2.24) is 19.8 Å². The van der Waals surface area contributed by atoms with Gasteiger partial charge >= 0.3 is 0 Å². The predicted octanol–water partition coefficient (Wildman–Crippen LogP) is 4.13. The summed E-state index contributed by atoms with van der Waals surface area (Å²) in [6, 6.07) is 6.28. The lowest BCUT2D eigenvalue weighted by atomic mass is 9.94. The summed E-state index contributed by atoms with van der Waals surface area (Å²) < 4.78 is 21.4. The monoisotopic (exact) mass is 396 g/mol. The Labute approximate surface area is 169 Å². The molecular weight excluding hydrogens is 371 g/mol. The van der Waals surface area contributed by atoms with Crippen LogP contribution in [0.2, 0.25) is 0 Å². The summed E-state index contributed by atoms with van der Waals surface area (Å²) in [5, 5.41) is 8.75. The van der Waals surface area contributed by atoms with Gasteiger partial charge in [0.2, 0.25) is 5.91 Å². The minimum atomic E-state index is -0.347. The summed E-state index contributed by atoms with van der Waals surface area (Å²) in [6.45, 7) is 4.52. The molecule has 0 radical (unpaired) electrons. The van der Waals surface area contributed by atoms with Crippen LogP contribution < -0.4 is 0 Å². The zero-order chi connectivity index (χ0) is 20.5. The molecule has 7 heteroatoms. The van der Waals surface area contributed by atoms with E-state index < -0.39 is 0 Å². The number of carbonyl (C=O) groups excluding carboxylic acids is 1. The van der Waals surface area contributed by atoms with E-state index in [4.69, 9.17) is 4.52 Å². The molecule has 29 heavy (non-hydrogen) atoms. The first-order chi connectivity index (χ1) is 14.0. The smallest absolute Gasteiger partial charge is 0.227 e. The summed E-state index contributed by atoms with van der Waals surface area (Å²) in [5.74, 6) is 0.264. The summed E-state index contributed by atoms with van der Waals surface area (Å²) in [6.07, 6.45) is 4.72. The molecule has 0 aliphatic carbocycles. The van der Waals surface area contributed by atoms with Crippen LogP contribution in [0.15, 0.2) is 35.0 Å². The van der Waals surface area contributed by atoms with Crippen LogP contribution in [0.25, 0.3) is 11.3 Å². The van der Waals surface area contributed by atoms with Crippen LogP contribution >= 0.6 is 0 Å². The molecule has 1 aliphatic heterocycles. The average molecular weight is 396 g/mol. The van der Waals surface area contributed by atoms with Gasteiger partial charge in [0.15, 0.2) is 5.76 Å². The van der Waals surface area contributed by atoms with Gasteiger partial charge in [-0.3, -0.25) is 9.48 Å². The van der Waals surface area contributed by atoms with E-state index >= 15 is 0 Å². The third-order valence-electron chi connectivity index (χ3n) is 5.70. The lowest BCUT2D eigenvalue weighted by Gasteiger charge is -2.35. The Kier molecular flexibility index (Phi) is 5.22. The van der Waals surface area contributed by atoms with Crippen molar-refractivity contribution in [3.63, 3.8) is 0 Å². The molecule has 2 aromatic heterocycles. The van der Waals surface area contributed by atoms with Gasteiger partial charge in [-0.1, -0.05) is 23.4 Å². The molecule has 1 amide bonds. The SMILES string of the molecule is Cc1noc(-c2cn(C)nc2C2CCCCN2C(=O)Cc2ccccc2F)c1C. The number of hydrogen-bond donors (Lipinski definition) is 0. The quantitative estimate of drug-likeness (QED) is 0.665. The van der Waals surface area contributed by atoms with Gasteiger partial charge in [0, 0.05) is 25.4 Å². The van der Waals surface area contributed by atoms with E-state index in [-0.39, 0.29) is 24.2 Å². The number of halogens is 1. The van der Waals surface area contributed by atoms with Crippen LogP contribution in [0.1, 0.15) is 47.8 Å². The Balaban J connectivity index is 1.67. The molecule has 4 rings (SSSR count). The third-order valence-corrected chi connectivity index (χ3v) is 5.70. The number of piperidine rings is 1. The number of likely N-dealkylation sites (tertiary alicyclic amines) is 1. The molecule has 0 bridgehead atoms. The largest absolute Gasteiger partial charge is 0.356 e. The molecule has 6 nitrogen and oxygen atoms in total. The number of benzene rings is 1. The standard InChI is InChI=1S/C22H25FN4O2/c1-14-15(2)25-29-22(14)17-13-26(3)24-21(17)19-10-6-7-11-27(19)20(28)12-16-8-4-5-9-18(16)23/h4-5,8-9,13,19H,6-7,10-12H2,1-3H3. The van der Waals surface area contributed by atoms with E-state index in [9.17, 15) is 9.18 Å². The predicted molar refractivity (Wildman–Crippen MR) is 107 cm³/mol. The number of aromatic nitrogens is 3. The Hall–Kier alpha value is -2.96. The second-order valence-electron chi connectivity index (χ2n) is 7.69. The highest BCUT2D eigenvalue weighted by atomic mass is 19.1. The number of nitrogens with zero attached hydrogens (tertiary/aromatic N) is 4. The minimum absolute atomic E-state index is 0.0474. The fourth-order valence-corrected chi connectivity index (χ4v) is 4.01. The molecule has 0 N–H and O–H groups in total. The van der Waals surface area contributed by atoms with E-state index in [1.165, 1.54) is 6.07 Å². The number of hydrogen-bond acceptors (Lipinski definition) is 4. The van der Waals surface area contributed by atoms with Crippen molar-refractivity contribution in [2.45, 2.75) is 45.6 Å². The third kappa shape index (κ3) is 3.69. The topological polar surface area (TPSA) is 64.2 Å². The van der Waals surface area contributed by atoms with Gasteiger partial charge in [-0.15, -0.1) is 0 Å². The lowest BCUT2D eigenvalue weighted by molar-refractivity contribution is -0.134. The van der Waals surface area contributed by atoms with Gasteiger partial charge < -0.3 is 9.42 Å². The Bertz CT molecular complexity index is 1040. The number of aryl methyl sites for hydroxylation is 2. The number of carbonyl (C=O) groups is 1. The van der Waals surface area contributed by atoms with Crippen LogP contribution in [0.4, 0.5) is 4.39 Å². The van der Waals surface area contributed by atoms with E-state index in [1.807, 2.05) is 32.0 Å². The molecule has 0 saturated carbocycles. The average Bonchev–Trinajstić information content (AvgIpc) is 3.25. The van der Waals surface area contributed by atoms with Gasteiger partial charge in [-0.25, -0.2) is 4.39 Å². The van der Waals surface area contributed by atoms with Crippen molar-refractivity contribution >= 4 is 5.91 Å². The van der Waals surface area contributed by atoms with Gasteiger partial charge in [0.05, 0.1) is 29.4 Å². The van der Waals surface area contributed by atoms with Crippen LogP contribution in [0, 0.1) is 19.7 Å². The Morgan fingerprint density at radius 1 is 1.28 bits per heavy atom. The maximum absolute atomic E-state index is 14.1. The molecule has 1 unspecified atom stereocenters. The zero-order valence-corrected chi connectivity index (χ0v) is 17.0. The molecule has 1 fully saturated rings. The molecule has 1 saturated heterocycles. The molecule has 1 aliphatic rings. The first-order valence-corrected chi connectivity index (χ1v) is 9.95. The maximum atomic E-state index is 14.1. The summed E-state index contributed by atoms with van der Waals surface area (Å²) in [4.78, 5) is 15.0. The second kappa shape index (κ2) is 7.81. The fourth-order valence-electron chi connectivity index (χ4n) is 4.01. The summed E-state index contributed by atoms with van der Waals surface area (Å²) in [5.41, 5.74) is 3.91. The first-order valence-electron chi connectivity index (χ1n) is 9.95. The number of amides is 1. The summed E-state index contributed by atoms with van der Waals surface area (Å²) >= 11 is 0. The highest BCUT2D eigenvalue weighted by Crippen LogP contribution is 2.38. The van der Waals surface area contributed by atoms with Crippen molar-refractivity contribution in [3.05, 3.63) is 58.8 Å². The highest BCUT2D eigenvalue weighted by Gasteiger charge is 2.33. The molecule has 1 atom stereocenters. The molecule has 0 spiro atoms. The Morgan fingerprint density at radius 2 is 2.07 bits per heavy atom. The molecule has 3 aromatic rings. The zero-order valence-electron chi connectivity index (χ0n) is 17.0. The Morgan fingerprint density at radius 3 is 2.79 bits per heavy atom. The van der Waals surface area contributed by atoms with Gasteiger partial charge in [-0.2, -0.15) is 5.10 Å². The van der Waals surface area contributed by atoms with Crippen molar-refractivity contribution in [2.24, 2.45) is 7.05 Å². The van der Waals surface area contributed by atoms with E-state index in [1.54, 1.807) is 22.9 Å². The van der Waals surface area contributed by atoms with Gasteiger partial charge in [-0.05, 0) is 44.7 Å². The highest BCUT2D eigenvalue weighted by molar-refractivity contribution is 5.80. The normalized spacial score (nSPS) is 17.0. The molecule has 3 heterocycles. The van der Waals surface area contributed by atoms with E-state index in [0.717, 1.165) is 41.8 Å². The van der Waals surface area contributed by atoms with Crippen LogP contribution in [-0.2, 0) is 18.3 Å². The summed E-state index contributed by atoms with van der Waals surface area (Å²) in [7, 11) is 1.86. The van der Waals surface area contributed by atoms with Crippen molar-refractivity contribution < 1.29 is 13.7 Å².